The molecule has 3 heterocycles. The van der Waals surface area contributed by atoms with Gasteiger partial charge in [-0.15, -0.1) is 0 Å². The summed E-state index contributed by atoms with van der Waals surface area (Å²) in [5.41, 5.74) is 0.845. The van der Waals surface area contributed by atoms with Crippen LogP contribution in [0.15, 0.2) is 11.6 Å². The summed E-state index contributed by atoms with van der Waals surface area (Å²) in [6.07, 6.45) is -5.82. The number of aliphatic hydroxyl groups excluding tert-OH is 4. The van der Waals surface area contributed by atoms with E-state index < -0.39 is 73.8 Å². The van der Waals surface area contributed by atoms with Crippen molar-refractivity contribution in [2.24, 2.45) is 17.8 Å². The van der Waals surface area contributed by atoms with Crippen LogP contribution < -0.4 is 0 Å². The fraction of sp³-hybridized carbons (Fsp3) is 0.857. The summed E-state index contributed by atoms with van der Waals surface area (Å²) in [7, 11) is 1.41. The molecule has 0 bridgehead atoms. The monoisotopic (exact) mass is 460 g/mol. The van der Waals surface area contributed by atoms with E-state index in [1.165, 1.54) is 7.11 Å². The third-order valence-electron chi connectivity index (χ3n) is 6.65. The number of aliphatic hydroxyl groups is 4. The van der Waals surface area contributed by atoms with Crippen molar-refractivity contribution in [1.82, 2.24) is 0 Å². The largest absolute Gasteiger partial charge is 0.457 e. The van der Waals surface area contributed by atoms with Crippen molar-refractivity contribution in [3.63, 3.8) is 0 Å². The van der Waals surface area contributed by atoms with Crippen molar-refractivity contribution in [1.29, 1.82) is 0 Å². The lowest BCUT2D eigenvalue weighted by Crippen LogP contribution is -2.61. The first-order valence-electron chi connectivity index (χ1n) is 11.0. The number of esters is 1. The second-order valence-corrected chi connectivity index (χ2v) is 8.62. The molecule has 3 saturated heterocycles. The van der Waals surface area contributed by atoms with Crippen LogP contribution in [0.5, 0.6) is 0 Å². The van der Waals surface area contributed by atoms with Gasteiger partial charge in [-0.25, -0.2) is 0 Å². The van der Waals surface area contributed by atoms with Gasteiger partial charge in [0, 0.05) is 25.6 Å². The second-order valence-electron chi connectivity index (χ2n) is 8.62. The van der Waals surface area contributed by atoms with E-state index >= 15 is 0 Å². The predicted molar refractivity (Wildman–Crippen MR) is 105 cm³/mol. The summed E-state index contributed by atoms with van der Waals surface area (Å²) in [5.74, 6) is -1.79. The predicted octanol–water partition coefficient (Wildman–Crippen LogP) is -1.34. The number of carbonyl (C=O) groups is 1. The first-order valence-corrected chi connectivity index (χ1v) is 11.0. The summed E-state index contributed by atoms with van der Waals surface area (Å²) in [6, 6.07) is 0. The fourth-order valence-corrected chi connectivity index (χ4v) is 4.96. The maximum absolute atomic E-state index is 12.4. The van der Waals surface area contributed by atoms with Crippen molar-refractivity contribution >= 4 is 5.97 Å². The molecule has 32 heavy (non-hydrogen) atoms. The molecule has 3 fully saturated rings. The summed E-state index contributed by atoms with van der Waals surface area (Å²) in [5, 5.41) is 40.0. The number of hydrogen-bond acceptors (Lipinski definition) is 11. The average molecular weight is 460 g/mol. The Kier molecular flexibility index (Phi) is 7.50. The minimum Gasteiger partial charge on any atom is -0.457 e. The molecule has 0 unspecified atom stereocenters. The Hall–Kier alpha value is -1.15. The van der Waals surface area contributed by atoms with Gasteiger partial charge in [-0.1, -0.05) is 13.3 Å². The summed E-state index contributed by atoms with van der Waals surface area (Å²) < 4.78 is 34.1. The first-order chi connectivity index (χ1) is 15.4. The molecule has 4 N–H and O–H groups in total. The lowest BCUT2D eigenvalue weighted by atomic mass is 9.78. The van der Waals surface area contributed by atoms with E-state index in [2.05, 4.69) is 6.92 Å². The first kappa shape index (κ1) is 24.0. The zero-order chi connectivity index (χ0) is 23.0. The van der Waals surface area contributed by atoms with E-state index in [9.17, 15) is 25.2 Å². The molecule has 0 radical (unpaired) electrons. The molecule has 4 rings (SSSR count). The van der Waals surface area contributed by atoms with Crippen LogP contribution in [0, 0.1) is 17.8 Å². The maximum Gasteiger partial charge on any atom is 0.315 e. The highest BCUT2D eigenvalue weighted by molar-refractivity contribution is 5.77. The van der Waals surface area contributed by atoms with Gasteiger partial charge in [0.1, 0.15) is 36.4 Å². The van der Waals surface area contributed by atoms with Gasteiger partial charge in [0.25, 0.3) is 0 Å². The minimum atomic E-state index is -1.58. The van der Waals surface area contributed by atoms with E-state index in [0.717, 1.165) is 18.4 Å². The summed E-state index contributed by atoms with van der Waals surface area (Å²) in [6.45, 7) is 2.37. The van der Waals surface area contributed by atoms with Crippen LogP contribution in [0.4, 0.5) is 0 Å². The number of methoxy groups -OCH3 is 1. The number of hydrogen-bond donors (Lipinski definition) is 4. The molecule has 11 heteroatoms. The van der Waals surface area contributed by atoms with Gasteiger partial charge in [-0.2, -0.15) is 0 Å². The van der Waals surface area contributed by atoms with E-state index in [1.54, 1.807) is 0 Å². The van der Waals surface area contributed by atoms with Crippen LogP contribution in [0.1, 0.15) is 19.8 Å². The van der Waals surface area contributed by atoms with Gasteiger partial charge in [0.2, 0.25) is 0 Å². The Morgan fingerprint density at radius 3 is 2.50 bits per heavy atom. The fourth-order valence-electron chi connectivity index (χ4n) is 4.96. The lowest BCUT2D eigenvalue weighted by molar-refractivity contribution is -0.375. The Morgan fingerprint density at radius 1 is 1.03 bits per heavy atom. The van der Waals surface area contributed by atoms with Gasteiger partial charge >= 0.3 is 5.97 Å². The van der Waals surface area contributed by atoms with E-state index in [0.29, 0.717) is 13.2 Å². The Labute approximate surface area is 185 Å². The van der Waals surface area contributed by atoms with Crippen LogP contribution in [0.3, 0.4) is 0 Å². The molecule has 11 atom stereocenters. The van der Waals surface area contributed by atoms with Crippen LogP contribution >= 0.6 is 0 Å². The lowest BCUT2D eigenvalue weighted by Gasteiger charge is -2.45. The van der Waals surface area contributed by atoms with E-state index in [4.69, 9.17) is 28.4 Å². The second kappa shape index (κ2) is 10.00. The standard InChI is InChI=1S/C21H32O11/c1-3-4-5-28-8-9-6-10-13-12(9)20(31-19(27-2)14(13)18(26)29-10)32-21-17(25)16(24)15(23)11(7-22)30-21/h6,10-17,19-25H,3-5,7-8H2,1-2H3/t10-,11+,12+,13-,14+,15+,16-,17+,19-,20-,21-/m0/s1. The quantitative estimate of drug-likeness (QED) is 0.184. The topological polar surface area (TPSA) is 153 Å². The molecular formula is C21H32O11. The van der Waals surface area contributed by atoms with E-state index in [-0.39, 0.29) is 5.92 Å². The van der Waals surface area contributed by atoms with Crippen molar-refractivity contribution in [2.75, 3.05) is 26.9 Å². The van der Waals surface area contributed by atoms with Crippen LogP contribution in [-0.2, 0) is 33.2 Å². The molecule has 0 amide bonds. The Bertz CT molecular complexity index is 697. The van der Waals surface area contributed by atoms with Crippen molar-refractivity contribution in [3.05, 3.63) is 11.6 Å². The smallest absolute Gasteiger partial charge is 0.315 e. The van der Waals surface area contributed by atoms with Gasteiger partial charge < -0.3 is 48.8 Å². The highest BCUT2D eigenvalue weighted by Gasteiger charge is 2.62. The maximum atomic E-state index is 12.4. The Balaban J connectivity index is 1.55. The van der Waals surface area contributed by atoms with Crippen molar-refractivity contribution in [3.8, 4) is 0 Å². The number of rotatable bonds is 9. The van der Waals surface area contributed by atoms with Crippen molar-refractivity contribution in [2.45, 2.75) is 69.2 Å². The average Bonchev–Trinajstić information content (AvgIpc) is 3.30. The molecule has 0 saturated carbocycles. The van der Waals surface area contributed by atoms with E-state index in [1.807, 2.05) is 6.08 Å². The molecular weight excluding hydrogens is 428 g/mol. The molecule has 0 aromatic rings. The molecule has 182 valence electrons. The van der Waals surface area contributed by atoms with Crippen molar-refractivity contribution < 1.29 is 53.6 Å². The molecule has 0 aromatic carbocycles. The molecule has 11 nitrogen and oxygen atoms in total. The summed E-state index contributed by atoms with van der Waals surface area (Å²) >= 11 is 0. The Morgan fingerprint density at radius 2 is 1.81 bits per heavy atom. The molecule has 4 aliphatic rings. The van der Waals surface area contributed by atoms with Gasteiger partial charge in [-0.3, -0.25) is 4.79 Å². The number of ether oxygens (including phenoxy) is 6. The molecule has 3 aliphatic heterocycles. The van der Waals surface area contributed by atoms with Crippen LogP contribution in [-0.4, -0.2) is 103 Å². The highest BCUT2D eigenvalue weighted by atomic mass is 16.8. The number of unbranched alkanes of at least 4 members (excludes halogenated alkanes) is 1. The minimum absolute atomic E-state index is 0.303. The zero-order valence-corrected chi connectivity index (χ0v) is 18.1. The summed E-state index contributed by atoms with van der Waals surface area (Å²) in [4.78, 5) is 12.4. The van der Waals surface area contributed by atoms with Crippen LogP contribution in [0.2, 0.25) is 0 Å². The molecule has 0 aromatic heterocycles. The highest BCUT2D eigenvalue weighted by Crippen LogP contribution is 2.52. The SMILES string of the molecule is CCCCOCC1=C[C@@H]2OC(=O)[C@@H]3[C@@H](OC)O[C@@H](O[C@@H]4O[C@H](CO)[C@@H](O)[C@H](O)[C@H]4O)[C@H]1[C@@H]32. The third kappa shape index (κ3) is 4.22. The molecule has 0 spiro atoms. The van der Waals surface area contributed by atoms with Gasteiger partial charge in [-0.05, 0) is 18.1 Å². The molecule has 1 aliphatic carbocycles. The number of carbonyl (C=O) groups excluding carboxylic acids is 1. The van der Waals surface area contributed by atoms with Gasteiger partial charge in [0.15, 0.2) is 18.9 Å². The van der Waals surface area contributed by atoms with Gasteiger partial charge in [0.05, 0.1) is 13.2 Å². The normalized spacial score (nSPS) is 45.5. The third-order valence-corrected chi connectivity index (χ3v) is 6.65. The van der Waals surface area contributed by atoms with Crippen LogP contribution in [0.25, 0.3) is 0 Å². The zero-order valence-electron chi connectivity index (χ0n) is 18.1.